The molecule has 0 radical (unpaired) electrons. The third-order valence-corrected chi connectivity index (χ3v) is 14.4. The van der Waals surface area contributed by atoms with Crippen molar-refractivity contribution in [3.63, 3.8) is 0 Å². The van der Waals surface area contributed by atoms with Gasteiger partial charge in [0, 0.05) is 0 Å². The van der Waals surface area contributed by atoms with E-state index in [1.54, 1.807) is 0 Å². The van der Waals surface area contributed by atoms with Crippen LogP contribution in [0.1, 0.15) is 99.8 Å². The molecule has 42 heavy (non-hydrogen) atoms. The Morgan fingerprint density at radius 2 is 1.74 bits per heavy atom. The van der Waals surface area contributed by atoms with Crippen LogP contribution in [0.3, 0.4) is 0 Å². The summed E-state index contributed by atoms with van der Waals surface area (Å²) in [6.07, 6.45) is 6.25. The SMILES string of the molecule is CC1=C2C3=CCC4C5(C)CCC(OC6OC(CO)C(O)C6O)C(C)(C)C5CCC4(C)C3(C)CCC2C(C(=O)O)CC1C. The number of ether oxygens (including phenoxy) is 2. The number of carboxylic acid groups (broad SMARTS) is 1. The maximum Gasteiger partial charge on any atom is 0.307 e. The molecule has 4 N–H and O–H groups in total. The molecule has 1 aliphatic heterocycles. The van der Waals surface area contributed by atoms with Gasteiger partial charge in [0.2, 0.25) is 0 Å². The van der Waals surface area contributed by atoms with E-state index < -0.39 is 30.6 Å². The molecule has 6 aliphatic rings. The highest BCUT2D eigenvalue weighted by molar-refractivity contribution is 5.72. The molecule has 6 rings (SSSR count). The van der Waals surface area contributed by atoms with Gasteiger partial charge in [0.25, 0.3) is 0 Å². The van der Waals surface area contributed by atoms with E-state index in [2.05, 4.69) is 54.5 Å². The summed E-state index contributed by atoms with van der Waals surface area (Å²) in [5, 5.41) is 40.6. The van der Waals surface area contributed by atoms with Gasteiger partial charge in [-0.05, 0) is 115 Å². The number of carbonyl (C=O) groups is 1. The van der Waals surface area contributed by atoms with Gasteiger partial charge in [0.05, 0.1) is 18.6 Å². The van der Waals surface area contributed by atoms with Crippen LogP contribution in [0.15, 0.2) is 22.8 Å². The lowest BCUT2D eigenvalue weighted by Crippen LogP contribution is -2.64. The fourth-order valence-electron chi connectivity index (χ4n) is 11.7. The Morgan fingerprint density at radius 1 is 1.02 bits per heavy atom. The van der Waals surface area contributed by atoms with E-state index in [-0.39, 0.29) is 46.2 Å². The van der Waals surface area contributed by atoms with Crippen molar-refractivity contribution in [2.45, 2.75) is 131 Å². The minimum atomic E-state index is -1.17. The van der Waals surface area contributed by atoms with Crippen LogP contribution in [0.25, 0.3) is 0 Å². The van der Waals surface area contributed by atoms with Crippen molar-refractivity contribution in [1.29, 1.82) is 0 Å². The van der Waals surface area contributed by atoms with Crippen LogP contribution in [-0.4, -0.2) is 63.7 Å². The lowest BCUT2D eigenvalue weighted by atomic mass is 9.35. The molecule has 7 heteroatoms. The first-order valence-electron chi connectivity index (χ1n) is 16.5. The normalized spacial score (nSPS) is 51.6. The summed E-state index contributed by atoms with van der Waals surface area (Å²) in [6, 6.07) is 0. The summed E-state index contributed by atoms with van der Waals surface area (Å²) in [5.74, 6) is 0.462. The third kappa shape index (κ3) is 4.05. The molecule has 236 valence electrons. The maximum atomic E-state index is 12.4. The molecule has 4 fully saturated rings. The Bertz CT molecular complexity index is 1170. The predicted molar refractivity (Wildman–Crippen MR) is 159 cm³/mol. The van der Waals surface area contributed by atoms with Gasteiger partial charge >= 0.3 is 5.97 Å². The first kappa shape index (κ1) is 30.8. The molecule has 0 aromatic carbocycles. The molecule has 0 aromatic heterocycles. The van der Waals surface area contributed by atoms with Gasteiger partial charge in [-0.15, -0.1) is 0 Å². The zero-order chi connectivity index (χ0) is 30.6. The number of fused-ring (bicyclic) bond motifs is 7. The van der Waals surface area contributed by atoms with Crippen molar-refractivity contribution < 1.29 is 34.7 Å². The fraction of sp³-hybridized carbons (Fsp3) is 0.857. The van der Waals surface area contributed by atoms with E-state index in [1.807, 2.05) is 0 Å². The molecule has 0 amide bonds. The second-order valence-corrected chi connectivity index (χ2v) is 16.3. The van der Waals surface area contributed by atoms with Crippen LogP contribution in [0, 0.1) is 51.2 Å². The van der Waals surface area contributed by atoms with Gasteiger partial charge in [-0.2, -0.15) is 0 Å². The zero-order valence-electron chi connectivity index (χ0n) is 26.7. The van der Waals surface area contributed by atoms with E-state index in [1.165, 1.54) is 16.7 Å². The summed E-state index contributed by atoms with van der Waals surface area (Å²) in [5.41, 5.74) is 4.37. The summed E-state index contributed by atoms with van der Waals surface area (Å²) < 4.78 is 12.2. The largest absolute Gasteiger partial charge is 0.481 e. The second-order valence-electron chi connectivity index (χ2n) is 16.3. The Morgan fingerprint density at radius 3 is 2.38 bits per heavy atom. The highest BCUT2D eigenvalue weighted by Crippen LogP contribution is 2.74. The van der Waals surface area contributed by atoms with Gasteiger partial charge < -0.3 is 29.9 Å². The molecule has 0 aromatic rings. The van der Waals surface area contributed by atoms with Crippen molar-refractivity contribution >= 4 is 5.97 Å². The van der Waals surface area contributed by atoms with Crippen molar-refractivity contribution in [2.75, 3.05) is 6.61 Å². The predicted octanol–water partition coefficient (Wildman–Crippen LogP) is 5.47. The zero-order valence-corrected chi connectivity index (χ0v) is 26.7. The van der Waals surface area contributed by atoms with Crippen molar-refractivity contribution in [2.24, 2.45) is 51.2 Å². The third-order valence-electron chi connectivity index (χ3n) is 14.4. The smallest absolute Gasteiger partial charge is 0.307 e. The maximum absolute atomic E-state index is 12.4. The Hall–Kier alpha value is -1.25. The molecule has 1 saturated heterocycles. The van der Waals surface area contributed by atoms with E-state index >= 15 is 0 Å². The van der Waals surface area contributed by atoms with Crippen LogP contribution in [-0.2, 0) is 14.3 Å². The number of allylic oxidation sites excluding steroid dienone is 4. The minimum Gasteiger partial charge on any atom is -0.481 e. The van der Waals surface area contributed by atoms with Crippen molar-refractivity contribution in [3.8, 4) is 0 Å². The van der Waals surface area contributed by atoms with E-state index in [0.717, 1.165) is 51.4 Å². The van der Waals surface area contributed by atoms with E-state index in [9.17, 15) is 25.2 Å². The number of hydrogen-bond acceptors (Lipinski definition) is 6. The van der Waals surface area contributed by atoms with Gasteiger partial charge in [0.1, 0.15) is 18.3 Å². The first-order chi connectivity index (χ1) is 19.6. The van der Waals surface area contributed by atoms with Crippen LogP contribution in [0.2, 0.25) is 0 Å². The second kappa shape index (κ2) is 10.1. The molecule has 3 saturated carbocycles. The lowest BCUT2D eigenvalue weighted by molar-refractivity contribution is -0.258. The highest BCUT2D eigenvalue weighted by Gasteiger charge is 2.67. The molecule has 1 heterocycles. The van der Waals surface area contributed by atoms with Crippen LogP contribution < -0.4 is 0 Å². The highest BCUT2D eigenvalue weighted by atomic mass is 16.7. The Kier molecular flexibility index (Phi) is 7.42. The van der Waals surface area contributed by atoms with Gasteiger partial charge in [-0.25, -0.2) is 0 Å². The van der Waals surface area contributed by atoms with Crippen LogP contribution in [0.5, 0.6) is 0 Å². The average Bonchev–Trinajstić information content (AvgIpc) is 3.20. The standard InChI is InChI=1S/C35H54O7/c1-18-16-21(30(39)40)20-10-14-34(6)22(27(20)19(18)2)8-9-25-33(5)13-12-26(32(3,4)24(33)11-15-35(25,34)7)42-31-29(38)28(37)23(17-36)41-31/h8,18,20-21,23-26,28-29,31,36-38H,9-17H2,1-7H3,(H,39,40). The Balaban J connectivity index is 1.31. The lowest BCUT2D eigenvalue weighted by Gasteiger charge is -2.70. The van der Waals surface area contributed by atoms with Crippen LogP contribution in [0.4, 0.5) is 0 Å². The van der Waals surface area contributed by atoms with E-state index in [0.29, 0.717) is 17.8 Å². The number of rotatable bonds is 4. The summed E-state index contributed by atoms with van der Waals surface area (Å²) in [7, 11) is 0. The van der Waals surface area contributed by atoms with Gasteiger partial charge in [-0.1, -0.05) is 53.2 Å². The molecule has 0 bridgehead atoms. The molecule has 13 unspecified atom stereocenters. The van der Waals surface area contributed by atoms with E-state index in [4.69, 9.17) is 9.47 Å². The fourth-order valence-corrected chi connectivity index (χ4v) is 11.7. The monoisotopic (exact) mass is 586 g/mol. The van der Waals surface area contributed by atoms with Crippen molar-refractivity contribution in [1.82, 2.24) is 0 Å². The molecule has 13 atom stereocenters. The van der Waals surface area contributed by atoms with Gasteiger partial charge in [-0.3, -0.25) is 4.79 Å². The number of carboxylic acids is 1. The minimum absolute atomic E-state index is 0.0197. The quantitative estimate of drug-likeness (QED) is 0.345. The molecular weight excluding hydrogens is 532 g/mol. The molecule has 7 nitrogen and oxygen atoms in total. The number of aliphatic hydroxyl groups excluding tert-OH is 3. The number of hydrogen-bond donors (Lipinski definition) is 4. The molecule has 0 spiro atoms. The topological polar surface area (TPSA) is 116 Å². The van der Waals surface area contributed by atoms with Gasteiger partial charge in [0.15, 0.2) is 6.29 Å². The molecule has 5 aliphatic carbocycles. The van der Waals surface area contributed by atoms with Crippen molar-refractivity contribution in [3.05, 3.63) is 22.8 Å². The first-order valence-corrected chi connectivity index (χ1v) is 16.5. The Labute approximate surface area is 251 Å². The number of aliphatic carboxylic acids is 1. The molecular formula is C35H54O7. The summed E-state index contributed by atoms with van der Waals surface area (Å²) in [6.45, 7) is 16.3. The van der Waals surface area contributed by atoms with Crippen LogP contribution >= 0.6 is 0 Å². The number of aliphatic hydroxyl groups is 3. The summed E-state index contributed by atoms with van der Waals surface area (Å²) in [4.78, 5) is 12.4. The summed E-state index contributed by atoms with van der Waals surface area (Å²) >= 11 is 0. The average molecular weight is 587 g/mol.